The van der Waals surface area contributed by atoms with Gasteiger partial charge >= 0.3 is 0 Å². The number of nitro benzene ring substituents is 1. The Morgan fingerprint density at radius 1 is 1.53 bits per heavy atom. The molecule has 15 heavy (non-hydrogen) atoms. The van der Waals surface area contributed by atoms with Crippen LogP contribution in [0.5, 0.6) is 0 Å². The lowest BCUT2D eigenvalue weighted by molar-refractivity contribution is -0.384. The molecule has 0 spiro atoms. The van der Waals surface area contributed by atoms with Gasteiger partial charge in [0.2, 0.25) is 5.91 Å². The van der Waals surface area contributed by atoms with Gasteiger partial charge < -0.3 is 5.32 Å². The van der Waals surface area contributed by atoms with Gasteiger partial charge in [-0.3, -0.25) is 14.9 Å². The first kappa shape index (κ1) is 11.2. The number of amides is 1. The molecular formula is C10H12N2O3. The van der Waals surface area contributed by atoms with E-state index in [0.717, 1.165) is 5.56 Å². The predicted molar refractivity (Wildman–Crippen MR) is 56.8 cm³/mol. The van der Waals surface area contributed by atoms with E-state index in [2.05, 4.69) is 5.32 Å². The van der Waals surface area contributed by atoms with E-state index >= 15 is 0 Å². The molecule has 1 rings (SSSR count). The monoisotopic (exact) mass is 208 g/mol. The van der Waals surface area contributed by atoms with E-state index in [-0.39, 0.29) is 11.6 Å². The lowest BCUT2D eigenvalue weighted by atomic mass is 10.1. The lowest BCUT2D eigenvalue weighted by Gasteiger charge is -2.08. The summed E-state index contributed by atoms with van der Waals surface area (Å²) in [7, 11) is 0. The molecule has 0 saturated carbocycles. The summed E-state index contributed by atoms with van der Waals surface area (Å²) in [5.41, 5.74) is 1.00. The number of hydrogen-bond acceptors (Lipinski definition) is 3. The minimum absolute atomic E-state index is 0.0652. The highest BCUT2D eigenvalue weighted by Gasteiger charge is 2.16. The molecule has 0 aliphatic carbocycles. The molecule has 1 aromatic rings. The van der Waals surface area contributed by atoms with Gasteiger partial charge in [-0.05, 0) is 12.0 Å². The molecule has 0 heterocycles. The van der Waals surface area contributed by atoms with Gasteiger partial charge in [0.1, 0.15) is 5.69 Å². The number of carbonyl (C=O) groups excluding carboxylic acids is 1. The van der Waals surface area contributed by atoms with E-state index in [9.17, 15) is 14.9 Å². The second-order valence-electron chi connectivity index (χ2n) is 3.10. The summed E-state index contributed by atoms with van der Waals surface area (Å²) in [6.45, 7) is 3.21. The summed E-state index contributed by atoms with van der Waals surface area (Å²) in [6, 6.07) is 4.75. The Bertz CT molecular complexity index is 402. The maximum Gasteiger partial charge on any atom is 0.293 e. The molecule has 0 unspecified atom stereocenters. The number of aryl methyl sites for hydroxylation is 1. The number of rotatable bonds is 3. The maximum atomic E-state index is 10.9. The highest BCUT2D eigenvalue weighted by molar-refractivity contribution is 5.92. The van der Waals surface area contributed by atoms with Crippen molar-refractivity contribution in [2.45, 2.75) is 20.3 Å². The largest absolute Gasteiger partial charge is 0.320 e. The summed E-state index contributed by atoms with van der Waals surface area (Å²) in [5, 5.41) is 13.2. The van der Waals surface area contributed by atoms with Gasteiger partial charge in [-0.15, -0.1) is 0 Å². The van der Waals surface area contributed by atoms with Crippen molar-refractivity contribution in [3.8, 4) is 0 Å². The van der Waals surface area contributed by atoms with E-state index in [0.29, 0.717) is 12.1 Å². The Morgan fingerprint density at radius 2 is 2.20 bits per heavy atom. The van der Waals surface area contributed by atoms with Gasteiger partial charge in [-0.25, -0.2) is 0 Å². The van der Waals surface area contributed by atoms with Crippen molar-refractivity contribution in [1.29, 1.82) is 0 Å². The van der Waals surface area contributed by atoms with Crippen LogP contribution in [0.4, 0.5) is 11.4 Å². The van der Waals surface area contributed by atoms with Gasteiger partial charge in [0.15, 0.2) is 0 Å². The summed E-state index contributed by atoms with van der Waals surface area (Å²) in [5.74, 6) is -0.306. The molecule has 0 atom stereocenters. The van der Waals surface area contributed by atoms with Crippen molar-refractivity contribution in [1.82, 2.24) is 0 Å². The topological polar surface area (TPSA) is 72.2 Å². The molecule has 5 nitrogen and oxygen atoms in total. The van der Waals surface area contributed by atoms with Crippen LogP contribution in [0, 0.1) is 10.1 Å². The van der Waals surface area contributed by atoms with E-state index in [4.69, 9.17) is 0 Å². The summed E-state index contributed by atoms with van der Waals surface area (Å²) >= 11 is 0. The van der Waals surface area contributed by atoms with E-state index in [1.165, 1.54) is 13.0 Å². The van der Waals surface area contributed by atoms with Crippen molar-refractivity contribution < 1.29 is 9.72 Å². The molecule has 0 aromatic heterocycles. The second-order valence-corrected chi connectivity index (χ2v) is 3.10. The molecule has 0 radical (unpaired) electrons. The summed E-state index contributed by atoms with van der Waals surface area (Å²) < 4.78 is 0. The van der Waals surface area contributed by atoms with Crippen LogP contribution in [0.3, 0.4) is 0 Å². The minimum Gasteiger partial charge on any atom is -0.320 e. The van der Waals surface area contributed by atoms with Crippen LogP contribution in [0.25, 0.3) is 0 Å². The van der Waals surface area contributed by atoms with Crippen molar-refractivity contribution in [3.63, 3.8) is 0 Å². The highest BCUT2D eigenvalue weighted by atomic mass is 16.6. The number of carbonyl (C=O) groups is 1. The first-order valence-corrected chi connectivity index (χ1v) is 4.60. The number of hydrogen-bond donors (Lipinski definition) is 1. The van der Waals surface area contributed by atoms with Gasteiger partial charge in [0, 0.05) is 13.0 Å². The number of anilines is 1. The fraction of sp³-hybridized carbons (Fsp3) is 0.300. The van der Waals surface area contributed by atoms with Crippen molar-refractivity contribution >= 4 is 17.3 Å². The Labute approximate surface area is 87.3 Å². The summed E-state index contributed by atoms with van der Waals surface area (Å²) in [4.78, 5) is 21.2. The number of nitrogens with zero attached hydrogens (tertiary/aromatic N) is 1. The average Bonchev–Trinajstić information content (AvgIpc) is 2.16. The van der Waals surface area contributed by atoms with Gasteiger partial charge in [0.05, 0.1) is 4.92 Å². The average molecular weight is 208 g/mol. The third kappa shape index (κ3) is 2.52. The Balaban J connectivity index is 3.26. The minimum atomic E-state index is -0.496. The Morgan fingerprint density at radius 3 is 2.67 bits per heavy atom. The Hall–Kier alpha value is -1.91. The van der Waals surface area contributed by atoms with Crippen molar-refractivity contribution in [2.24, 2.45) is 0 Å². The third-order valence-corrected chi connectivity index (χ3v) is 2.01. The molecule has 80 valence electrons. The Kier molecular flexibility index (Phi) is 3.38. The second kappa shape index (κ2) is 4.54. The molecule has 0 aliphatic heterocycles. The number of para-hydroxylation sites is 1. The molecule has 1 N–H and O–H groups in total. The van der Waals surface area contributed by atoms with Gasteiger partial charge in [0.25, 0.3) is 5.69 Å². The van der Waals surface area contributed by atoms with Crippen molar-refractivity contribution in [3.05, 3.63) is 33.9 Å². The highest BCUT2D eigenvalue weighted by Crippen LogP contribution is 2.28. The normalized spacial score (nSPS) is 9.73. The quantitative estimate of drug-likeness (QED) is 0.610. The SMILES string of the molecule is CCc1cccc([N+](=O)[O-])c1NC(C)=O. The standard InChI is InChI=1S/C10H12N2O3/c1-3-8-5-4-6-9(12(14)15)10(8)11-7(2)13/h4-6H,3H2,1-2H3,(H,11,13). The molecule has 1 aromatic carbocycles. The van der Waals surface area contributed by atoms with Crippen LogP contribution in [-0.4, -0.2) is 10.8 Å². The molecule has 0 saturated heterocycles. The van der Waals surface area contributed by atoms with Crippen LogP contribution in [0.1, 0.15) is 19.4 Å². The fourth-order valence-corrected chi connectivity index (χ4v) is 1.35. The first-order chi connectivity index (χ1) is 7.06. The first-order valence-electron chi connectivity index (χ1n) is 4.60. The third-order valence-electron chi connectivity index (χ3n) is 2.01. The zero-order chi connectivity index (χ0) is 11.4. The molecule has 0 fully saturated rings. The zero-order valence-electron chi connectivity index (χ0n) is 8.61. The fourth-order valence-electron chi connectivity index (χ4n) is 1.35. The van der Waals surface area contributed by atoms with E-state index in [1.54, 1.807) is 12.1 Å². The lowest BCUT2D eigenvalue weighted by Crippen LogP contribution is -2.10. The van der Waals surface area contributed by atoms with Crippen LogP contribution in [0.2, 0.25) is 0 Å². The van der Waals surface area contributed by atoms with Crippen LogP contribution >= 0.6 is 0 Å². The number of benzene rings is 1. The van der Waals surface area contributed by atoms with Gasteiger partial charge in [-0.2, -0.15) is 0 Å². The van der Waals surface area contributed by atoms with Crippen LogP contribution in [0.15, 0.2) is 18.2 Å². The predicted octanol–water partition coefficient (Wildman–Crippen LogP) is 2.12. The maximum absolute atomic E-state index is 10.9. The van der Waals surface area contributed by atoms with Crippen LogP contribution < -0.4 is 5.32 Å². The molecule has 0 aliphatic rings. The van der Waals surface area contributed by atoms with E-state index < -0.39 is 4.92 Å². The smallest absolute Gasteiger partial charge is 0.293 e. The molecule has 5 heteroatoms. The summed E-state index contributed by atoms with van der Waals surface area (Å²) in [6.07, 6.45) is 0.636. The van der Waals surface area contributed by atoms with Crippen LogP contribution in [-0.2, 0) is 11.2 Å². The molecule has 0 bridgehead atoms. The zero-order valence-corrected chi connectivity index (χ0v) is 8.61. The van der Waals surface area contributed by atoms with Crippen molar-refractivity contribution in [2.75, 3.05) is 5.32 Å². The number of nitro groups is 1. The molecule has 1 amide bonds. The molecular weight excluding hydrogens is 196 g/mol. The number of nitrogens with one attached hydrogen (secondary N) is 1. The van der Waals surface area contributed by atoms with Gasteiger partial charge in [-0.1, -0.05) is 19.1 Å². The van der Waals surface area contributed by atoms with E-state index in [1.807, 2.05) is 6.92 Å².